The molecule has 3 aromatic rings. The fraction of sp³-hybridized carbons (Fsp3) is 0.0870. The van der Waals surface area contributed by atoms with Crippen molar-refractivity contribution in [2.75, 3.05) is 0 Å². The van der Waals surface area contributed by atoms with Crippen molar-refractivity contribution in [3.63, 3.8) is 0 Å². The molecule has 29 heavy (non-hydrogen) atoms. The third-order valence-corrected chi connectivity index (χ3v) is 5.60. The normalized spacial score (nSPS) is 12.4. The number of hydrogen-bond acceptors (Lipinski definition) is 3. The van der Waals surface area contributed by atoms with Crippen LogP contribution in [0.5, 0.6) is 0 Å². The van der Waals surface area contributed by atoms with Gasteiger partial charge in [0.25, 0.3) is 0 Å². The number of halogens is 3. The van der Waals surface area contributed by atoms with E-state index < -0.39 is 11.7 Å². The molecule has 1 nitrogen and oxygen atoms in total. The lowest BCUT2D eigenvalue weighted by Gasteiger charge is -2.07. The van der Waals surface area contributed by atoms with Gasteiger partial charge in [-0.1, -0.05) is 66.4 Å². The molecule has 0 fully saturated rings. The van der Waals surface area contributed by atoms with Crippen molar-refractivity contribution in [2.45, 2.75) is 16.8 Å². The maximum Gasteiger partial charge on any atom is 0.416 e. The van der Waals surface area contributed by atoms with Crippen LogP contribution in [0, 0.1) is 0 Å². The Balaban J connectivity index is 1.73. The third kappa shape index (κ3) is 7.15. The van der Waals surface area contributed by atoms with E-state index in [9.17, 15) is 13.2 Å². The van der Waals surface area contributed by atoms with Crippen molar-refractivity contribution in [1.82, 2.24) is 0 Å². The van der Waals surface area contributed by atoms with E-state index in [0.717, 1.165) is 28.6 Å². The molecule has 0 aromatic heterocycles. The first kappa shape index (κ1) is 21.3. The summed E-state index contributed by atoms with van der Waals surface area (Å²) in [5.74, 6) is 0.755. The minimum Gasteiger partial charge on any atom is -0.242 e. The van der Waals surface area contributed by atoms with Gasteiger partial charge in [-0.15, -0.1) is 11.8 Å². The molecular formula is C23H18F3NS2. The van der Waals surface area contributed by atoms with Gasteiger partial charge in [-0.25, -0.2) is 4.99 Å². The number of alkyl halides is 3. The summed E-state index contributed by atoms with van der Waals surface area (Å²) in [7, 11) is 0. The summed E-state index contributed by atoms with van der Waals surface area (Å²) >= 11 is 2.82. The van der Waals surface area contributed by atoms with Gasteiger partial charge in [-0.05, 0) is 47.4 Å². The molecule has 0 unspecified atom stereocenters. The molecule has 6 heteroatoms. The molecule has 0 saturated carbocycles. The summed E-state index contributed by atoms with van der Waals surface area (Å²) in [6, 6.07) is 24.9. The topological polar surface area (TPSA) is 12.4 Å². The SMILES string of the molecule is FC(F)(F)c1cccc(SC=CC(=Nc2ccccc2)SCc2ccccc2)c1. The van der Waals surface area contributed by atoms with Crippen LogP contribution >= 0.6 is 23.5 Å². The van der Waals surface area contributed by atoms with E-state index in [2.05, 4.69) is 4.99 Å². The first-order valence-electron chi connectivity index (χ1n) is 8.82. The van der Waals surface area contributed by atoms with Gasteiger partial charge in [-0.3, -0.25) is 0 Å². The van der Waals surface area contributed by atoms with Gasteiger partial charge in [0.1, 0.15) is 0 Å². The van der Waals surface area contributed by atoms with E-state index in [1.54, 1.807) is 23.2 Å². The van der Waals surface area contributed by atoms with Crippen LogP contribution in [-0.2, 0) is 11.9 Å². The molecule has 0 aliphatic heterocycles. The molecule has 0 radical (unpaired) electrons. The zero-order valence-electron chi connectivity index (χ0n) is 15.3. The molecule has 0 heterocycles. The largest absolute Gasteiger partial charge is 0.416 e. The minimum absolute atomic E-state index is 0.531. The quantitative estimate of drug-likeness (QED) is 0.224. The third-order valence-electron chi connectivity index (χ3n) is 3.80. The molecule has 3 aromatic carbocycles. The van der Waals surface area contributed by atoms with Crippen molar-refractivity contribution in [3.8, 4) is 0 Å². The summed E-state index contributed by atoms with van der Waals surface area (Å²) in [6.45, 7) is 0. The molecule has 0 bridgehead atoms. The average Bonchev–Trinajstić information content (AvgIpc) is 2.73. The van der Waals surface area contributed by atoms with Crippen molar-refractivity contribution in [3.05, 3.63) is 108 Å². The first-order chi connectivity index (χ1) is 14.0. The lowest BCUT2D eigenvalue weighted by molar-refractivity contribution is -0.137. The smallest absolute Gasteiger partial charge is 0.242 e. The van der Waals surface area contributed by atoms with E-state index in [4.69, 9.17) is 0 Å². The van der Waals surface area contributed by atoms with Crippen LogP contribution < -0.4 is 0 Å². The molecule has 148 valence electrons. The van der Waals surface area contributed by atoms with Crippen molar-refractivity contribution >= 4 is 34.3 Å². The van der Waals surface area contributed by atoms with Crippen LogP contribution in [0.3, 0.4) is 0 Å². The van der Waals surface area contributed by atoms with Crippen LogP contribution in [0.4, 0.5) is 18.9 Å². The Morgan fingerprint density at radius 2 is 1.55 bits per heavy atom. The summed E-state index contributed by atoms with van der Waals surface area (Å²) in [6.07, 6.45) is -2.50. The summed E-state index contributed by atoms with van der Waals surface area (Å²) in [5.41, 5.74) is 1.36. The molecule has 0 atom stereocenters. The average molecular weight is 430 g/mol. The fourth-order valence-electron chi connectivity index (χ4n) is 2.40. The Morgan fingerprint density at radius 1 is 0.862 bits per heavy atom. The van der Waals surface area contributed by atoms with Crippen LogP contribution in [-0.4, -0.2) is 5.04 Å². The van der Waals surface area contributed by atoms with Crippen LogP contribution in [0.15, 0.2) is 106 Å². The molecule has 3 rings (SSSR count). The lowest BCUT2D eigenvalue weighted by Crippen LogP contribution is -2.04. The number of para-hydroxylation sites is 1. The van der Waals surface area contributed by atoms with E-state index in [1.807, 2.05) is 66.7 Å². The van der Waals surface area contributed by atoms with Crippen molar-refractivity contribution in [2.24, 2.45) is 4.99 Å². The minimum atomic E-state index is -4.34. The van der Waals surface area contributed by atoms with Crippen LogP contribution in [0.2, 0.25) is 0 Å². The van der Waals surface area contributed by atoms with E-state index >= 15 is 0 Å². The first-order valence-corrected chi connectivity index (χ1v) is 10.7. The predicted octanol–water partition coefficient (Wildman–Crippen LogP) is 7.97. The number of thioether (sulfide) groups is 2. The van der Waals surface area contributed by atoms with Crippen LogP contribution in [0.25, 0.3) is 0 Å². The second-order valence-electron chi connectivity index (χ2n) is 6.01. The van der Waals surface area contributed by atoms with Gasteiger partial charge in [0.2, 0.25) is 0 Å². The number of aliphatic imine (C=N–C) groups is 1. The van der Waals surface area contributed by atoms with Crippen molar-refractivity contribution in [1.29, 1.82) is 0 Å². The number of nitrogens with zero attached hydrogens (tertiary/aromatic N) is 1. The molecule has 0 spiro atoms. The molecule has 0 N–H and O–H groups in total. The Labute approximate surface area is 176 Å². The second kappa shape index (κ2) is 10.4. The highest BCUT2D eigenvalue weighted by molar-refractivity contribution is 8.13. The highest BCUT2D eigenvalue weighted by Crippen LogP contribution is 2.32. The zero-order chi connectivity index (χ0) is 20.5. The van der Waals surface area contributed by atoms with Gasteiger partial charge in [-0.2, -0.15) is 13.2 Å². The number of hydrogen-bond donors (Lipinski definition) is 0. The second-order valence-corrected chi connectivity index (χ2v) is 7.98. The highest BCUT2D eigenvalue weighted by Gasteiger charge is 2.30. The van der Waals surface area contributed by atoms with Gasteiger partial charge in [0.15, 0.2) is 0 Å². The Hall–Kier alpha value is -2.44. The van der Waals surface area contributed by atoms with Gasteiger partial charge >= 0.3 is 6.18 Å². The van der Waals surface area contributed by atoms with Gasteiger partial charge in [0.05, 0.1) is 16.3 Å². The summed E-state index contributed by atoms with van der Waals surface area (Å²) in [5, 5.41) is 2.56. The Bertz CT molecular complexity index is 968. The monoisotopic (exact) mass is 429 g/mol. The van der Waals surface area contributed by atoms with E-state index in [0.29, 0.717) is 4.90 Å². The number of rotatable bonds is 6. The van der Waals surface area contributed by atoms with E-state index in [-0.39, 0.29) is 0 Å². The highest BCUT2D eigenvalue weighted by atomic mass is 32.2. The van der Waals surface area contributed by atoms with Crippen LogP contribution in [0.1, 0.15) is 11.1 Å². The molecule has 0 amide bonds. The zero-order valence-corrected chi connectivity index (χ0v) is 17.0. The lowest BCUT2D eigenvalue weighted by atomic mass is 10.2. The molecule has 0 aliphatic rings. The maximum atomic E-state index is 12.9. The molecular weight excluding hydrogens is 411 g/mol. The van der Waals surface area contributed by atoms with E-state index in [1.165, 1.54) is 23.4 Å². The van der Waals surface area contributed by atoms with Gasteiger partial charge < -0.3 is 0 Å². The standard InChI is InChI=1S/C23H18F3NS2/c24-23(25,26)19-10-7-13-21(16-19)28-15-14-22(27-20-11-5-2-6-12-20)29-17-18-8-3-1-4-9-18/h1-16H,17H2. The number of benzene rings is 3. The molecule has 0 saturated heterocycles. The fourth-order valence-corrected chi connectivity index (χ4v) is 4.03. The van der Waals surface area contributed by atoms with Crippen molar-refractivity contribution < 1.29 is 13.2 Å². The maximum absolute atomic E-state index is 12.9. The van der Waals surface area contributed by atoms with Gasteiger partial charge in [0, 0.05) is 10.6 Å². The molecule has 0 aliphatic carbocycles. The Morgan fingerprint density at radius 3 is 2.24 bits per heavy atom. The Kier molecular flexibility index (Phi) is 7.61. The predicted molar refractivity (Wildman–Crippen MR) is 118 cm³/mol. The summed E-state index contributed by atoms with van der Waals surface area (Å²) < 4.78 is 38.6. The summed E-state index contributed by atoms with van der Waals surface area (Å²) in [4.78, 5) is 5.19.